The monoisotopic (exact) mass is 200 g/mol. The van der Waals surface area contributed by atoms with Crippen LogP contribution in [0.2, 0.25) is 0 Å². The van der Waals surface area contributed by atoms with E-state index in [-0.39, 0.29) is 6.42 Å². The van der Waals surface area contributed by atoms with Gasteiger partial charge in [-0.1, -0.05) is 13.3 Å². The molecule has 0 saturated carbocycles. The first-order chi connectivity index (χ1) is 5.93. The minimum atomic E-state index is -4.74. The fourth-order valence-corrected chi connectivity index (χ4v) is 0.881. The summed E-state index contributed by atoms with van der Waals surface area (Å²) >= 11 is 0. The van der Waals surface area contributed by atoms with E-state index in [2.05, 4.69) is 0 Å². The van der Waals surface area contributed by atoms with E-state index in [0.717, 1.165) is 0 Å². The van der Waals surface area contributed by atoms with Crippen LogP contribution >= 0.6 is 0 Å². The van der Waals surface area contributed by atoms with E-state index >= 15 is 0 Å². The number of unbranched alkanes of at least 4 members (excludes halogenated alkanes) is 1. The summed E-state index contributed by atoms with van der Waals surface area (Å²) in [6, 6.07) is 0. The van der Waals surface area contributed by atoms with Gasteiger partial charge >= 0.3 is 6.18 Å². The predicted molar refractivity (Wildman–Crippen MR) is 40.1 cm³/mol. The molecule has 1 unspecified atom stereocenters. The second-order valence-corrected chi connectivity index (χ2v) is 2.82. The summed E-state index contributed by atoms with van der Waals surface area (Å²) < 4.78 is 47.7. The van der Waals surface area contributed by atoms with Crippen LogP contribution in [0.3, 0.4) is 0 Å². The number of alkyl halides is 4. The Balaban J connectivity index is 4.16. The number of Topliss-reactive ketones (excluding diaryl/α,β-unsaturated/α-hetero) is 1. The third-order valence-corrected chi connectivity index (χ3v) is 1.71. The lowest BCUT2D eigenvalue weighted by atomic mass is 10.0. The molecule has 0 aromatic rings. The second kappa shape index (κ2) is 5.19. The SMILES string of the molecule is CCCCC(=O)C(CF)C(F)(F)F. The smallest absolute Gasteiger partial charge is 0.299 e. The van der Waals surface area contributed by atoms with Crippen molar-refractivity contribution in [2.75, 3.05) is 6.67 Å². The maximum atomic E-state index is 11.9. The lowest BCUT2D eigenvalue weighted by molar-refractivity contribution is -0.184. The highest BCUT2D eigenvalue weighted by atomic mass is 19.4. The first-order valence-corrected chi connectivity index (χ1v) is 4.08. The highest BCUT2D eigenvalue weighted by Gasteiger charge is 2.43. The van der Waals surface area contributed by atoms with Crippen molar-refractivity contribution in [3.8, 4) is 0 Å². The van der Waals surface area contributed by atoms with Gasteiger partial charge in [-0.3, -0.25) is 4.79 Å². The Kier molecular flexibility index (Phi) is 4.95. The minimum absolute atomic E-state index is 0.190. The average molecular weight is 200 g/mol. The van der Waals surface area contributed by atoms with Crippen molar-refractivity contribution in [3.63, 3.8) is 0 Å². The van der Waals surface area contributed by atoms with Gasteiger partial charge in [0.15, 0.2) is 0 Å². The first-order valence-electron chi connectivity index (χ1n) is 4.08. The second-order valence-electron chi connectivity index (χ2n) is 2.82. The number of carbonyl (C=O) groups is 1. The molecule has 0 radical (unpaired) electrons. The van der Waals surface area contributed by atoms with E-state index in [1.54, 1.807) is 6.92 Å². The van der Waals surface area contributed by atoms with Gasteiger partial charge in [-0.15, -0.1) is 0 Å². The molecule has 1 atom stereocenters. The van der Waals surface area contributed by atoms with E-state index in [0.29, 0.717) is 12.8 Å². The maximum Gasteiger partial charge on any atom is 0.401 e. The summed E-state index contributed by atoms with van der Waals surface area (Å²) in [7, 11) is 0. The topological polar surface area (TPSA) is 17.1 Å². The van der Waals surface area contributed by atoms with Gasteiger partial charge in [0.05, 0.1) is 0 Å². The summed E-state index contributed by atoms with van der Waals surface area (Å²) in [4.78, 5) is 10.8. The normalized spacial score (nSPS) is 14.2. The molecule has 5 heteroatoms. The van der Waals surface area contributed by atoms with Gasteiger partial charge < -0.3 is 0 Å². The molecule has 0 heterocycles. The summed E-state index contributed by atoms with van der Waals surface area (Å²) in [5.74, 6) is -3.46. The van der Waals surface area contributed by atoms with Crippen LogP contribution in [-0.4, -0.2) is 18.6 Å². The molecular formula is C8H12F4O. The Morgan fingerprint density at radius 1 is 1.38 bits per heavy atom. The number of hydrogen-bond acceptors (Lipinski definition) is 1. The molecule has 0 aliphatic rings. The lowest BCUT2D eigenvalue weighted by Gasteiger charge is -2.15. The summed E-state index contributed by atoms with van der Waals surface area (Å²) in [5, 5.41) is 0. The van der Waals surface area contributed by atoms with Gasteiger partial charge in [-0.25, -0.2) is 4.39 Å². The largest absolute Gasteiger partial charge is 0.401 e. The van der Waals surface area contributed by atoms with Crippen LogP contribution in [-0.2, 0) is 4.79 Å². The minimum Gasteiger partial charge on any atom is -0.299 e. The Bertz CT molecular complexity index is 164. The van der Waals surface area contributed by atoms with Crippen LogP contribution in [0.5, 0.6) is 0 Å². The first kappa shape index (κ1) is 12.4. The zero-order chi connectivity index (χ0) is 10.5. The number of rotatable bonds is 5. The van der Waals surface area contributed by atoms with E-state index in [1.807, 2.05) is 0 Å². The Hall–Kier alpha value is -0.610. The molecular weight excluding hydrogens is 188 g/mol. The van der Waals surface area contributed by atoms with Crippen molar-refractivity contribution in [2.45, 2.75) is 32.4 Å². The van der Waals surface area contributed by atoms with Crippen molar-refractivity contribution in [3.05, 3.63) is 0 Å². The quantitative estimate of drug-likeness (QED) is 0.623. The number of carbonyl (C=O) groups excluding carboxylic acids is 1. The fourth-order valence-electron chi connectivity index (χ4n) is 0.881. The third kappa shape index (κ3) is 4.24. The standard InChI is InChI=1S/C8H12F4O/c1-2-3-4-7(13)6(5-9)8(10,11)12/h6H,2-5H2,1H3. The lowest BCUT2D eigenvalue weighted by Crippen LogP contribution is -2.32. The van der Waals surface area contributed by atoms with Gasteiger partial charge in [0.25, 0.3) is 0 Å². The summed E-state index contributed by atoms with van der Waals surface area (Å²) in [6.07, 6.45) is -3.92. The van der Waals surface area contributed by atoms with E-state index in [1.165, 1.54) is 0 Å². The van der Waals surface area contributed by atoms with Gasteiger partial charge in [0.1, 0.15) is 18.4 Å². The molecule has 0 aromatic carbocycles. The fraction of sp³-hybridized carbons (Fsp3) is 0.875. The van der Waals surface area contributed by atoms with Crippen molar-refractivity contribution < 1.29 is 22.4 Å². The Morgan fingerprint density at radius 3 is 2.23 bits per heavy atom. The van der Waals surface area contributed by atoms with Crippen molar-refractivity contribution in [1.29, 1.82) is 0 Å². The van der Waals surface area contributed by atoms with Gasteiger partial charge in [0, 0.05) is 6.42 Å². The van der Waals surface area contributed by atoms with Crippen LogP contribution in [0, 0.1) is 5.92 Å². The van der Waals surface area contributed by atoms with Gasteiger partial charge in [-0.05, 0) is 6.42 Å². The average Bonchev–Trinajstić information content (AvgIpc) is 1.99. The van der Waals surface area contributed by atoms with Crippen LogP contribution < -0.4 is 0 Å². The molecule has 0 spiro atoms. The van der Waals surface area contributed by atoms with Crippen LogP contribution in [0.15, 0.2) is 0 Å². The zero-order valence-electron chi connectivity index (χ0n) is 7.33. The molecule has 0 N–H and O–H groups in total. The van der Waals surface area contributed by atoms with Crippen LogP contribution in [0.1, 0.15) is 26.2 Å². The molecule has 0 saturated heterocycles. The van der Waals surface area contributed by atoms with E-state index in [9.17, 15) is 22.4 Å². The third-order valence-electron chi connectivity index (χ3n) is 1.71. The van der Waals surface area contributed by atoms with Gasteiger partial charge in [0.2, 0.25) is 0 Å². The Morgan fingerprint density at radius 2 is 1.92 bits per heavy atom. The van der Waals surface area contributed by atoms with Crippen LogP contribution in [0.25, 0.3) is 0 Å². The highest BCUT2D eigenvalue weighted by Crippen LogP contribution is 2.28. The predicted octanol–water partition coefficient (Wildman–Crippen LogP) is 2.89. The molecule has 0 aliphatic heterocycles. The maximum absolute atomic E-state index is 11.9. The zero-order valence-corrected chi connectivity index (χ0v) is 7.33. The molecule has 0 amide bonds. The van der Waals surface area contributed by atoms with Crippen molar-refractivity contribution >= 4 is 5.78 Å². The van der Waals surface area contributed by atoms with Crippen LogP contribution in [0.4, 0.5) is 17.6 Å². The van der Waals surface area contributed by atoms with Crippen molar-refractivity contribution in [2.24, 2.45) is 5.92 Å². The number of halogens is 4. The molecule has 0 rings (SSSR count). The molecule has 0 aromatic heterocycles. The molecule has 13 heavy (non-hydrogen) atoms. The number of hydrogen-bond donors (Lipinski definition) is 0. The summed E-state index contributed by atoms with van der Waals surface area (Å²) in [6.45, 7) is 0.109. The molecule has 0 aliphatic carbocycles. The van der Waals surface area contributed by atoms with E-state index < -0.39 is 24.6 Å². The molecule has 78 valence electrons. The Labute approximate surface area is 74.1 Å². The van der Waals surface area contributed by atoms with Crippen molar-refractivity contribution in [1.82, 2.24) is 0 Å². The summed E-state index contributed by atoms with van der Waals surface area (Å²) in [5.41, 5.74) is 0. The highest BCUT2D eigenvalue weighted by molar-refractivity contribution is 5.81. The molecule has 1 nitrogen and oxygen atoms in total. The molecule has 0 fully saturated rings. The molecule has 0 bridgehead atoms. The number of ketones is 1. The van der Waals surface area contributed by atoms with Gasteiger partial charge in [-0.2, -0.15) is 13.2 Å². The van der Waals surface area contributed by atoms with E-state index in [4.69, 9.17) is 0 Å².